The number of nitrogens with one attached hydrogen (secondary N) is 2. The monoisotopic (exact) mass is 386 g/mol. The predicted octanol–water partition coefficient (Wildman–Crippen LogP) is 5.48. The van der Waals surface area contributed by atoms with E-state index < -0.39 is 0 Å². The van der Waals surface area contributed by atoms with Crippen molar-refractivity contribution in [3.05, 3.63) is 90.4 Å². The van der Waals surface area contributed by atoms with Gasteiger partial charge in [0.1, 0.15) is 28.9 Å². The molecule has 0 saturated carbocycles. The lowest BCUT2D eigenvalue weighted by molar-refractivity contribution is 0.477. The Labute approximate surface area is 166 Å². The average molecular weight is 386 g/mol. The molecule has 1 atom stereocenters. The van der Waals surface area contributed by atoms with E-state index in [1.54, 1.807) is 12.6 Å². The Bertz CT molecular complexity index is 1250. The van der Waals surface area contributed by atoms with Crippen molar-refractivity contribution in [2.24, 2.45) is 0 Å². The number of hydrogen-bond acceptors (Lipinski definition) is 4. The Morgan fingerprint density at radius 1 is 1.00 bits per heavy atom. The number of anilines is 1. The molecule has 0 fully saturated rings. The molecule has 2 aromatic carbocycles. The number of H-pyrrole nitrogens is 1. The molecule has 3 heterocycles. The fraction of sp³-hybridized carbons (Fsp3) is 0.130. The number of benzene rings is 2. The summed E-state index contributed by atoms with van der Waals surface area (Å²) >= 11 is 0. The maximum atomic E-state index is 13.3. The van der Waals surface area contributed by atoms with E-state index in [1.807, 2.05) is 48.5 Å². The zero-order valence-corrected chi connectivity index (χ0v) is 15.6. The quantitative estimate of drug-likeness (QED) is 0.406. The van der Waals surface area contributed by atoms with Crippen molar-refractivity contribution in [3.63, 3.8) is 0 Å². The largest absolute Gasteiger partial charge is 0.469 e. The molecule has 3 aromatic heterocycles. The number of para-hydroxylation sites is 1. The lowest BCUT2D eigenvalue weighted by atomic mass is 9.93. The van der Waals surface area contributed by atoms with Crippen LogP contribution in [0.4, 0.5) is 10.2 Å². The van der Waals surface area contributed by atoms with Crippen LogP contribution in [0.25, 0.3) is 21.9 Å². The minimum atomic E-state index is -0.243. The first kappa shape index (κ1) is 17.4. The van der Waals surface area contributed by atoms with Crippen LogP contribution in [0, 0.1) is 5.82 Å². The summed E-state index contributed by atoms with van der Waals surface area (Å²) in [6.07, 6.45) is 4.01. The third-order valence-electron chi connectivity index (χ3n) is 5.17. The number of nitrogens with zero attached hydrogens (tertiary/aromatic N) is 2. The van der Waals surface area contributed by atoms with Crippen molar-refractivity contribution in [1.82, 2.24) is 15.0 Å². The average Bonchev–Trinajstić information content (AvgIpc) is 3.40. The molecule has 0 spiro atoms. The van der Waals surface area contributed by atoms with Gasteiger partial charge in [-0.2, -0.15) is 0 Å². The molecule has 5 nitrogen and oxygen atoms in total. The summed E-state index contributed by atoms with van der Waals surface area (Å²) in [5.74, 6) is 1.41. The summed E-state index contributed by atoms with van der Waals surface area (Å²) in [4.78, 5) is 12.3. The molecular weight excluding hydrogens is 367 g/mol. The third kappa shape index (κ3) is 3.33. The molecule has 0 aliphatic heterocycles. The molecule has 0 saturated heterocycles. The fourth-order valence-electron chi connectivity index (χ4n) is 3.77. The van der Waals surface area contributed by atoms with Crippen LogP contribution in [0.5, 0.6) is 0 Å². The Morgan fingerprint density at radius 2 is 1.86 bits per heavy atom. The molecule has 0 radical (unpaired) electrons. The van der Waals surface area contributed by atoms with E-state index in [-0.39, 0.29) is 11.7 Å². The minimum Gasteiger partial charge on any atom is -0.469 e. The second kappa shape index (κ2) is 7.39. The topological polar surface area (TPSA) is 66.7 Å². The predicted molar refractivity (Wildman–Crippen MR) is 111 cm³/mol. The smallest absolute Gasteiger partial charge is 0.153 e. The molecule has 0 aliphatic rings. The van der Waals surface area contributed by atoms with Crippen LogP contribution in [-0.4, -0.2) is 21.5 Å². The van der Waals surface area contributed by atoms with Gasteiger partial charge in [0.2, 0.25) is 0 Å². The zero-order chi connectivity index (χ0) is 19.6. The van der Waals surface area contributed by atoms with Gasteiger partial charge in [-0.05, 0) is 42.3 Å². The van der Waals surface area contributed by atoms with Crippen LogP contribution in [0.2, 0.25) is 0 Å². The van der Waals surface area contributed by atoms with Gasteiger partial charge in [0.25, 0.3) is 0 Å². The van der Waals surface area contributed by atoms with E-state index in [1.165, 1.54) is 12.1 Å². The van der Waals surface area contributed by atoms with Crippen LogP contribution in [0.1, 0.15) is 23.7 Å². The van der Waals surface area contributed by atoms with E-state index in [0.29, 0.717) is 6.54 Å². The Morgan fingerprint density at radius 3 is 2.69 bits per heavy atom. The molecule has 1 unspecified atom stereocenters. The number of fused-ring (bicyclic) bond motifs is 3. The van der Waals surface area contributed by atoms with Crippen LogP contribution in [0.3, 0.4) is 0 Å². The van der Waals surface area contributed by atoms with E-state index in [4.69, 9.17) is 4.42 Å². The van der Waals surface area contributed by atoms with E-state index >= 15 is 0 Å². The van der Waals surface area contributed by atoms with Crippen LogP contribution >= 0.6 is 0 Å². The standard InChI is InChI=1S/C23H19FN4O/c24-16-9-7-15(8-10-16)17(20-6-3-13-29-20)11-12-25-23-22-21(26-14-27-23)18-4-1-2-5-19(18)28-22/h1-10,13-14,17,28H,11-12H2,(H,25,26,27). The van der Waals surface area contributed by atoms with Crippen LogP contribution in [-0.2, 0) is 0 Å². The summed E-state index contributed by atoms with van der Waals surface area (Å²) < 4.78 is 19.0. The number of halogens is 1. The van der Waals surface area contributed by atoms with Crippen molar-refractivity contribution >= 4 is 27.8 Å². The summed E-state index contributed by atoms with van der Waals surface area (Å²) in [5, 5.41) is 4.50. The van der Waals surface area contributed by atoms with E-state index in [2.05, 4.69) is 20.3 Å². The number of rotatable bonds is 6. The number of hydrogen-bond donors (Lipinski definition) is 2. The van der Waals surface area contributed by atoms with Crippen molar-refractivity contribution < 1.29 is 8.81 Å². The molecule has 144 valence electrons. The van der Waals surface area contributed by atoms with E-state index in [0.717, 1.165) is 45.5 Å². The summed E-state index contributed by atoms with van der Waals surface area (Å²) in [7, 11) is 0. The number of furan rings is 1. The normalized spacial score (nSPS) is 12.4. The summed E-state index contributed by atoms with van der Waals surface area (Å²) in [6, 6.07) is 18.5. The van der Waals surface area contributed by atoms with Gasteiger partial charge in [-0.3, -0.25) is 0 Å². The number of aromatic nitrogens is 3. The van der Waals surface area contributed by atoms with Crippen LogP contribution in [0.15, 0.2) is 77.7 Å². The molecule has 0 aliphatic carbocycles. The minimum absolute atomic E-state index is 0.0261. The Balaban J connectivity index is 1.39. The highest BCUT2D eigenvalue weighted by Gasteiger charge is 2.17. The van der Waals surface area contributed by atoms with Crippen molar-refractivity contribution in [2.45, 2.75) is 12.3 Å². The van der Waals surface area contributed by atoms with Crippen molar-refractivity contribution in [3.8, 4) is 0 Å². The maximum Gasteiger partial charge on any atom is 0.153 e. The molecule has 29 heavy (non-hydrogen) atoms. The molecule has 0 bridgehead atoms. The van der Waals surface area contributed by atoms with Gasteiger partial charge < -0.3 is 14.7 Å². The van der Waals surface area contributed by atoms with Gasteiger partial charge >= 0.3 is 0 Å². The zero-order valence-electron chi connectivity index (χ0n) is 15.6. The van der Waals surface area contributed by atoms with Crippen molar-refractivity contribution in [1.29, 1.82) is 0 Å². The first-order valence-electron chi connectivity index (χ1n) is 9.54. The summed E-state index contributed by atoms with van der Waals surface area (Å²) in [6.45, 7) is 0.671. The SMILES string of the molecule is Fc1ccc(C(CCNc2ncnc3c2[nH]c2ccccc23)c2ccco2)cc1. The van der Waals surface area contributed by atoms with Crippen molar-refractivity contribution in [2.75, 3.05) is 11.9 Å². The molecular formula is C23H19FN4O. The Kier molecular flexibility index (Phi) is 4.44. The lowest BCUT2D eigenvalue weighted by Crippen LogP contribution is -2.10. The van der Waals surface area contributed by atoms with E-state index in [9.17, 15) is 4.39 Å². The molecule has 6 heteroatoms. The lowest BCUT2D eigenvalue weighted by Gasteiger charge is -2.16. The third-order valence-corrected chi connectivity index (χ3v) is 5.17. The van der Waals surface area contributed by atoms with Gasteiger partial charge in [-0.25, -0.2) is 14.4 Å². The molecule has 0 amide bonds. The highest BCUT2D eigenvalue weighted by atomic mass is 19.1. The highest BCUT2D eigenvalue weighted by Crippen LogP contribution is 2.30. The number of aromatic amines is 1. The first-order chi connectivity index (χ1) is 14.3. The van der Waals surface area contributed by atoms with Gasteiger partial charge in [0.15, 0.2) is 5.82 Å². The molecule has 5 rings (SSSR count). The highest BCUT2D eigenvalue weighted by molar-refractivity contribution is 6.07. The fourth-order valence-corrected chi connectivity index (χ4v) is 3.77. The Hall–Kier alpha value is -3.67. The first-order valence-corrected chi connectivity index (χ1v) is 9.54. The van der Waals surface area contributed by atoms with Gasteiger partial charge in [-0.1, -0.05) is 30.3 Å². The second-order valence-corrected chi connectivity index (χ2v) is 6.95. The summed E-state index contributed by atoms with van der Waals surface area (Å²) in [5.41, 5.74) is 3.84. The van der Waals surface area contributed by atoms with Gasteiger partial charge in [0.05, 0.1) is 6.26 Å². The molecule has 5 aromatic rings. The second-order valence-electron chi connectivity index (χ2n) is 6.95. The van der Waals surface area contributed by atoms with Gasteiger partial charge in [0, 0.05) is 23.4 Å². The molecule has 2 N–H and O–H groups in total. The van der Waals surface area contributed by atoms with Gasteiger partial charge in [-0.15, -0.1) is 0 Å². The maximum absolute atomic E-state index is 13.3. The van der Waals surface area contributed by atoms with Crippen LogP contribution < -0.4 is 5.32 Å².